The molecule has 1 unspecified atom stereocenters. The van der Waals surface area contributed by atoms with Crippen molar-refractivity contribution in [1.82, 2.24) is 30.3 Å². The van der Waals surface area contributed by atoms with Crippen molar-refractivity contribution in [3.8, 4) is 5.95 Å². The zero-order valence-corrected chi connectivity index (χ0v) is 16.9. The third-order valence-electron chi connectivity index (χ3n) is 4.33. The molecular formula is C19H18ClF3N6O. The lowest BCUT2D eigenvalue weighted by atomic mass is 10.1. The van der Waals surface area contributed by atoms with Crippen LogP contribution >= 0.6 is 11.6 Å². The van der Waals surface area contributed by atoms with Crippen LogP contribution in [0.15, 0.2) is 36.7 Å². The Morgan fingerprint density at radius 3 is 2.57 bits per heavy atom. The number of carbonyl (C=O) groups is 1. The standard InChI is InChI=1S/C19H18ClF3N6O/c1-3-6-14-16(27-28-29(14)18-24-9-5-10-25-18)11(2)26-17(30)12-7-4-8-13(15(12)20)19(21,22)23/h4-5,7-11H,3,6H2,1-2H3,(H,26,30). The van der Waals surface area contributed by atoms with Gasteiger partial charge in [0, 0.05) is 12.4 Å². The van der Waals surface area contributed by atoms with Gasteiger partial charge in [-0.3, -0.25) is 4.79 Å². The number of nitrogens with one attached hydrogen (secondary N) is 1. The van der Waals surface area contributed by atoms with Crippen molar-refractivity contribution >= 4 is 17.5 Å². The number of nitrogens with zero attached hydrogens (tertiary/aromatic N) is 5. The van der Waals surface area contributed by atoms with Gasteiger partial charge in [-0.15, -0.1) is 5.10 Å². The second kappa shape index (κ2) is 8.78. The van der Waals surface area contributed by atoms with Crippen LogP contribution in [-0.2, 0) is 12.6 Å². The first-order chi connectivity index (χ1) is 14.2. The molecule has 0 spiro atoms. The highest BCUT2D eigenvalue weighted by Gasteiger charge is 2.35. The van der Waals surface area contributed by atoms with Gasteiger partial charge in [-0.05, 0) is 31.5 Å². The Balaban J connectivity index is 1.89. The molecule has 0 aliphatic heterocycles. The third kappa shape index (κ3) is 4.43. The van der Waals surface area contributed by atoms with Crippen LogP contribution in [0.5, 0.6) is 0 Å². The van der Waals surface area contributed by atoms with E-state index in [0.29, 0.717) is 23.8 Å². The van der Waals surface area contributed by atoms with Crippen molar-refractivity contribution in [2.24, 2.45) is 0 Å². The first-order valence-corrected chi connectivity index (χ1v) is 9.50. The Bertz CT molecular complexity index is 1040. The lowest BCUT2D eigenvalue weighted by molar-refractivity contribution is -0.137. The van der Waals surface area contributed by atoms with Crippen molar-refractivity contribution in [3.63, 3.8) is 0 Å². The lowest BCUT2D eigenvalue weighted by Crippen LogP contribution is -2.28. The predicted molar refractivity (Wildman–Crippen MR) is 103 cm³/mol. The number of hydrogen-bond acceptors (Lipinski definition) is 5. The number of amides is 1. The molecule has 0 aliphatic carbocycles. The van der Waals surface area contributed by atoms with Gasteiger partial charge < -0.3 is 5.32 Å². The maximum atomic E-state index is 13.1. The van der Waals surface area contributed by atoms with Crippen LogP contribution in [0.2, 0.25) is 5.02 Å². The number of benzene rings is 1. The smallest absolute Gasteiger partial charge is 0.344 e. The molecule has 7 nitrogen and oxygen atoms in total. The molecule has 3 rings (SSSR count). The van der Waals surface area contributed by atoms with Gasteiger partial charge in [0.2, 0.25) is 0 Å². The van der Waals surface area contributed by atoms with Crippen molar-refractivity contribution < 1.29 is 18.0 Å². The molecule has 1 amide bonds. The Hall–Kier alpha value is -3.01. The van der Waals surface area contributed by atoms with Crippen LogP contribution < -0.4 is 5.32 Å². The zero-order valence-electron chi connectivity index (χ0n) is 16.1. The maximum Gasteiger partial charge on any atom is 0.417 e. The summed E-state index contributed by atoms with van der Waals surface area (Å²) in [4.78, 5) is 20.9. The van der Waals surface area contributed by atoms with Crippen molar-refractivity contribution in [3.05, 3.63) is 64.2 Å². The van der Waals surface area contributed by atoms with E-state index in [1.54, 1.807) is 25.4 Å². The minimum absolute atomic E-state index is 0.269. The van der Waals surface area contributed by atoms with Crippen molar-refractivity contribution in [2.45, 2.75) is 38.9 Å². The van der Waals surface area contributed by atoms with Gasteiger partial charge in [-0.1, -0.05) is 36.2 Å². The monoisotopic (exact) mass is 438 g/mol. The molecule has 0 aliphatic rings. The fourth-order valence-corrected chi connectivity index (χ4v) is 3.27. The molecule has 0 saturated carbocycles. The summed E-state index contributed by atoms with van der Waals surface area (Å²) in [5.41, 5.74) is -0.162. The normalized spacial score (nSPS) is 12.6. The van der Waals surface area contributed by atoms with Crippen molar-refractivity contribution in [2.75, 3.05) is 0 Å². The molecule has 1 aromatic carbocycles. The highest BCUT2D eigenvalue weighted by molar-refractivity contribution is 6.34. The average molecular weight is 439 g/mol. The molecule has 0 fully saturated rings. The van der Waals surface area contributed by atoms with E-state index in [9.17, 15) is 18.0 Å². The minimum atomic E-state index is -4.66. The molecule has 158 valence electrons. The van der Waals surface area contributed by atoms with Crippen LogP contribution in [0.25, 0.3) is 5.95 Å². The highest BCUT2D eigenvalue weighted by Crippen LogP contribution is 2.36. The summed E-state index contributed by atoms with van der Waals surface area (Å²) in [6.07, 6.45) is -0.162. The van der Waals surface area contributed by atoms with Crippen molar-refractivity contribution in [1.29, 1.82) is 0 Å². The topological polar surface area (TPSA) is 85.6 Å². The number of alkyl halides is 3. The largest absolute Gasteiger partial charge is 0.417 e. The number of aromatic nitrogens is 5. The minimum Gasteiger partial charge on any atom is -0.344 e. The van der Waals surface area contributed by atoms with Gasteiger partial charge >= 0.3 is 6.18 Å². The van der Waals surface area contributed by atoms with Gasteiger partial charge in [0.25, 0.3) is 11.9 Å². The molecule has 0 bridgehead atoms. The Labute approximate surface area is 175 Å². The molecular weight excluding hydrogens is 421 g/mol. The first-order valence-electron chi connectivity index (χ1n) is 9.12. The van der Waals surface area contributed by atoms with E-state index in [4.69, 9.17) is 11.6 Å². The molecule has 3 aromatic rings. The van der Waals surface area contributed by atoms with Gasteiger partial charge in [0.05, 0.1) is 27.9 Å². The number of hydrogen-bond donors (Lipinski definition) is 1. The lowest BCUT2D eigenvalue weighted by Gasteiger charge is -2.16. The van der Waals surface area contributed by atoms with Gasteiger partial charge in [0.1, 0.15) is 5.69 Å². The molecule has 0 radical (unpaired) electrons. The van der Waals surface area contributed by atoms with E-state index in [-0.39, 0.29) is 5.56 Å². The average Bonchev–Trinajstić information content (AvgIpc) is 3.12. The van der Waals surface area contributed by atoms with Crippen LogP contribution in [-0.4, -0.2) is 30.9 Å². The summed E-state index contributed by atoms with van der Waals surface area (Å²) in [7, 11) is 0. The summed E-state index contributed by atoms with van der Waals surface area (Å²) in [6.45, 7) is 3.64. The molecule has 11 heteroatoms. The second-order valence-corrected chi connectivity index (χ2v) is 6.87. The maximum absolute atomic E-state index is 13.1. The van der Waals surface area contributed by atoms with E-state index >= 15 is 0 Å². The number of carbonyl (C=O) groups excluding carboxylic acids is 1. The predicted octanol–water partition coefficient (Wildman–Crippen LogP) is 4.17. The highest BCUT2D eigenvalue weighted by atomic mass is 35.5. The van der Waals surface area contributed by atoms with E-state index < -0.39 is 28.7 Å². The SMILES string of the molecule is CCCc1c(C(C)NC(=O)c2cccc(C(F)(F)F)c2Cl)nnn1-c1ncccn1. The summed E-state index contributed by atoms with van der Waals surface area (Å²) in [6, 6.07) is 4.23. The van der Waals surface area contributed by atoms with Gasteiger partial charge in [-0.2, -0.15) is 17.9 Å². The molecule has 2 aromatic heterocycles. The molecule has 2 heterocycles. The van der Waals surface area contributed by atoms with E-state index in [1.165, 1.54) is 10.7 Å². The molecule has 1 atom stereocenters. The van der Waals surface area contributed by atoms with E-state index in [0.717, 1.165) is 18.6 Å². The van der Waals surface area contributed by atoms with Crippen LogP contribution in [0, 0.1) is 0 Å². The second-order valence-electron chi connectivity index (χ2n) is 6.49. The zero-order chi connectivity index (χ0) is 21.9. The first kappa shape index (κ1) is 21.7. The van der Waals surface area contributed by atoms with E-state index in [2.05, 4.69) is 25.6 Å². The number of halogens is 4. The third-order valence-corrected chi connectivity index (χ3v) is 4.74. The Kier molecular flexibility index (Phi) is 6.35. The fraction of sp³-hybridized carbons (Fsp3) is 0.316. The quantitative estimate of drug-likeness (QED) is 0.624. The van der Waals surface area contributed by atoms with Crippen LogP contribution in [0.1, 0.15) is 53.6 Å². The summed E-state index contributed by atoms with van der Waals surface area (Å²) < 4.78 is 40.7. The van der Waals surface area contributed by atoms with Gasteiger partial charge in [-0.25, -0.2) is 9.97 Å². The fourth-order valence-electron chi connectivity index (χ4n) is 2.95. The Morgan fingerprint density at radius 1 is 1.23 bits per heavy atom. The summed E-state index contributed by atoms with van der Waals surface area (Å²) in [5.74, 6) is -0.411. The molecule has 30 heavy (non-hydrogen) atoms. The van der Waals surface area contributed by atoms with Crippen LogP contribution in [0.3, 0.4) is 0 Å². The van der Waals surface area contributed by atoms with Gasteiger partial charge in [0.15, 0.2) is 0 Å². The number of rotatable bonds is 6. The van der Waals surface area contributed by atoms with Crippen LogP contribution in [0.4, 0.5) is 13.2 Å². The molecule has 0 saturated heterocycles. The Morgan fingerprint density at radius 2 is 1.93 bits per heavy atom. The molecule has 1 N–H and O–H groups in total. The summed E-state index contributed by atoms with van der Waals surface area (Å²) >= 11 is 5.85. The van der Waals surface area contributed by atoms with E-state index in [1.807, 2.05) is 6.92 Å². The summed E-state index contributed by atoms with van der Waals surface area (Å²) in [5, 5.41) is 10.2.